The van der Waals surface area contributed by atoms with Gasteiger partial charge in [-0.25, -0.2) is 0 Å². The highest BCUT2D eigenvalue weighted by atomic mass is 127. The lowest BCUT2D eigenvalue weighted by Gasteiger charge is -2.15. The van der Waals surface area contributed by atoms with Crippen molar-refractivity contribution in [1.82, 2.24) is 4.98 Å². The second-order valence-corrected chi connectivity index (χ2v) is 4.90. The summed E-state index contributed by atoms with van der Waals surface area (Å²) in [5.41, 5.74) is 2.33. The lowest BCUT2D eigenvalue weighted by Crippen LogP contribution is -2.06. The normalized spacial score (nSPS) is 12.1. The Kier molecular flexibility index (Phi) is 3.77. The van der Waals surface area contributed by atoms with Crippen LogP contribution in [0, 0.1) is 3.57 Å². The molecule has 1 unspecified atom stereocenters. The van der Waals surface area contributed by atoms with E-state index in [-0.39, 0.29) is 6.04 Å². The van der Waals surface area contributed by atoms with Crippen molar-refractivity contribution >= 4 is 28.3 Å². The highest BCUT2D eigenvalue weighted by Gasteiger charge is 2.04. The summed E-state index contributed by atoms with van der Waals surface area (Å²) in [5, 5.41) is 3.44. The van der Waals surface area contributed by atoms with E-state index >= 15 is 0 Å². The predicted octanol–water partition coefficient (Wildman–Crippen LogP) is 3.86. The van der Waals surface area contributed by atoms with Crippen molar-refractivity contribution in [2.24, 2.45) is 0 Å². The van der Waals surface area contributed by atoms with Crippen LogP contribution < -0.4 is 5.32 Å². The van der Waals surface area contributed by atoms with Gasteiger partial charge in [0.1, 0.15) is 0 Å². The van der Waals surface area contributed by atoms with Gasteiger partial charge in [-0.05, 0) is 65.4 Å². The molecule has 16 heavy (non-hydrogen) atoms. The molecule has 0 aliphatic carbocycles. The first kappa shape index (κ1) is 11.4. The highest BCUT2D eigenvalue weighted by Crippen LogP contribution is 2.19. The number of nitrogens with zero attached hydrogens (tertiary/aromatic N) is 1. The van der Waals surface area contributed by atoms with Gasteiger partial charge in [-0.15, -0.1) is 0 Å². The fraction of sp³-hybridized carbons (Fsp3) is 0.154. The van der Waals surface area contributed by atoms with Crippen molar-refractivity contribution in [2.45, 2.75) is 13.0 Å². The van der Waals surface area contributed by atoms with Crippen molar-refractivity contribution in [2.75, 3.05) is 5.32 Å². The maximum absolute atomic E-state index is 4.12. The molecule has 1 aromatic heterocycles. The standard InChI is InChI=1S/C13H13IN2/c1-10(11-3-2-8-15-9-11)16-13-6-4-12(14)5-7-13/h2-10,16H,1H3. The number of nitrogens with one attached hydrogen (secondary N) is 1. The SMILES string of the molecule is CC(Nc1ccc(I)cc1)c1cccnc1. The third kappa shape index (κ3) is 2.95. The molecule has 0 fully saturated rings. The summed E-state index contributed by atoms with van der Waals surface area (Å²) >= 11 is 2.30. The molecule has 0 saturated carbocycles. The zero-order valence-corrected chi connectivity index (χ0v) is 11.2. The van der Waals surface area contributed by atoms with Gasteiger partial charge in [-0.2, -0.15) is 0 Å². The Bertz CT molecular complexity index is 439. The van der Waals surface area contributed by atoms with Gasteiger partial charge in [-0.3, -0.25) is 4.98 Å². The van der Waals surface area contributed by atoms with Crippen molar-refractivity contribution in [3.8, 4) is 0 Å². The van der Waals surface area contributed by atoms with Gasteiger partial charge in [0, 0.05) is 21.7 Å². The Balaban J connectivity index is 2.08. The fourth-order valence-corrected chi connectivity index (χ4v) is 1.87. The molecular weight excluding hydrogens is 311 g/mol. The number of hydrogen-bond donors (Lipinski definition) is 1. The number of halogens is 1. The molecule has 0 aliphatic rings. The summed E-state index contributed by atoms with van der Waals surface area (Å²) in [6.45, 7) is 2.13. The molecule has 2 nitrogen and oxygen atoms in total. The molecule has 3 heteroatoms. The number of benzene rings is 1. The molecule has 0 radical (unpaired) electrons. The van der Waals surface area contributed by atoms with E-state index in [1.54, 1.807) is 6.20 Å². The molecule has 1 aromatic carbocycles. The first-order valence-electron chi connectivity index (χ1n) is 5.18. The summed E-state index contributed by atoms with van der Waals surface area (Å²) < 4.78 is 1.25. The summed E-state index contributed by atoms with van der Waals surface area (Å²) in [5.74, 6) is 0. The van der Waals surface area contributed by atoms with Gasteiger partial charge < -0.3 is 5.32 Å². The molecule has 1 atom stereocenters. The van der Waals surface area contributed by atoms with Crippen LogP contribution in [0.4, 0.5) is 5.69 Å². The van der Waals surface area contributed by atoms with Crippen molar-refractivity contribution in [3.05, 3.63) is 57.9 Å². The number of hydrogen-bond acceptors (Lipinski definition) is 2. The molecule has 0 aliphatic heterocycles. The zero-order chi connectivity index (χ0) is 11.4. The maximum Gasteiger partial charge on any atom is 0.0500 e. The van der Waals surface area contributed by atoms with Crippen LogP contribution in [-0.4, -0.2) is 4.98 Å². The highest BCUT2D eigenvalue weighted by molar-refractivity contribution is 14.1. The summed E-state index contributed by atoms with van der Waals surface area (Å²) in [4.78, 5) is 4.12. The second kappa shape index (κ2) is 5.30. The minimum atomic E-state index is 0.272. The Morgan fingerprint density at radius 2 is 1.94 bits per heavy atom. The molecule has 0 saturated heterocycles. The summed E-state index contributed by atoms with van der Waals surface area (Å²) in [7, 11) is 0. The van der Waals surface area contributed by atoms with Crippen LogP contribution >= 0.6 is 22.6 Å². The second-order valence-electron chi connectivity index (χ2n) is 3.66. The van der Waals surface area contributed by atoms with Crippen LogP contribution in [-0.2, 0) is 0 Å². The minimum absolute atomic E-state index is 0.272. The van der Waals surface area contributed by atoms with Crippen molar-refractivity contribution in [1.29, 1.82) is 0 Å². The maximum atomic E-state index is 4.12. The predicted molar refractivity (Wildman–Crippen MR) is 75.4 cm³/mol. The first-order chi connectivity index (χ1) is 7.75. The molecule has 0 bridgehead atoms. The Morgan fingerprint density at radius 1 is 1.19 bits per heavy atom. The van der Waals surface area contributed by atoms with E-state index in [0.29, 0.717) is 0 Å². The van der Waals surface area contributed by atoms with Crippen LogP contribution in [0.5, 0.6) is 0 Å². The lowest BCUT2D eigenvalue weighted by atomic mass is 10.1. The van der Waals surface area contributed by atoms with Gasteiger partial charge in [0.15, 0.2) is 0 Å². The topological polar surface area (TPSA) is 24.9 Å². The van der Waals surface area contributed by atoms with Crippen molar-refractivity contribution < 1.29 is 0 Å². The van der Waals surface area contributed by atoms with E-state index in [1.165, 1.54) is 9.13 Å². The van der Waals surface area contributed by atoms with E-state index in [1.807, 2.05) is 12.3 Å². The number of pyridine rings is 1. The Labute approximate surface area is 109 Å². The van der Waals surface area contributed by atoms with E-state index in [4.69, 9.17) is 0 Å². The average molecular weight is 324 g/mol. The number of anilines is 1. The third-order valence-corrected chi connectivity index (χ3v) is 3.13. The molecule has 1 heterocycles. The quantitative estimate of drug-likeness (QED) is 0.867. The molecule has 1 N–H and O–H groups in total. The van der Waals surface area contributed by atoms with Crippen LogP contribution in [0.25, 0.3) is 0 Å². The van der Waals surface area contributed by atoms with Gasteiger partial charge in [0.05, 0.1) is 6.04 Å². The fourth-order valence-electron chi connectivity index (χ4n) is 1.51. The van der Waals surface area contributed by atoms with Gasteiger partial charge in [0.25, 0.3) is 0 Å². The first-order valence-corrected chi connectivity index (χ1v) is 6.25. The van der Waals surface area contributed by atoms with Gasteiger partial charge >= 0.3 is 0 Å². The smallest absolute Gasteiger partial charge is 0.0500 e. The minimum Gasteiger partial charge on any atom is -0.378 e. The number of rotatable bonds is 3. The summed E-state index contributed by atoms with van der Waals surface area (Å²) in [6.07, 6.45) is 3.69. The Hall–Kier alpha value is -1.10. The molecule has 82 valence electrons. The van der Waals surface area contributed by atoms with Crippen LogP contribution in [0.2, 0.25) is 0 Å². The molecule has 0 spiro atoms. The third-order valence-electron chi connectivity index (χ3n) is 2.41. The Morgan fingerprint density at radius 3 is 2.56 bits per heavy atom. The largest absolute Gasteiger partial charge is 0.378 e. The van der Waals surface area contributed by atoms with Crippen LogP contribution in [0.15, 0.2) is 48.8 Å². The van der Waals surface area contributed by atoms with Gasteiger partial charge in [-0.1, -0.05) is 6.07 Å². The summed E-state index contributed by atoms with van der Waals surface area (Å²) in [6, 6.07) is 12.7. The lowest BCUT2D eigenvalue weighted by molar-refractivity contribution is 0.876. The molecule has 0 amide bonds. The molecule has 2 aromatic rings. The molecule has 2 rings (SSSR count). The molecular formula is C13H13IN2. The van der Waals surface area contributed by atoms with E-state index in [2.05, 4.69) is 70.1 Å². The monoisotopic (exact) mass is 324 g/mol. The van der Waals surface area contributed by atoms with E-state index < -0.39 is 0 Å². The van der Waals surface area contributed by atoms with E-state index in [0.717, 1.165) is 5.69 Å². The average Bonchev–Trinajstić information content (AvgIpc) is 2.33. The van der Waals surface area contributed by atoms with E-state index in [9.17, 15) is 0 Å². The zero-order valence-electron chi connectivity index (χ0n) is 9.02. The number of aromatic nitrogens is 1. The van der Waals surface area contributed by atoms with Crippen LogP contribution in [0.1, 0.15) is 18.5 Å². The van der Waals surface area contributed by atoms with Crippen LogP contribution in [0.3, 0.4) is 0 Å². The van der Waals surface area contributed by atoms with Gasteiger partial charge in [0.2, 0.25) is 0 Å². The van der Waals surface area contributed by atoms with Crippen molar-refractivity contribution in [3.63, 3.8) is 0 Å².